The molecule has 0 spiro atoms. The number of benzene rings is 3. The van der Waals surface area contributed by atoms with Crippen LogP contribution in [0.3, 0.4) is 0 Å². The number of carbonyl (C=O) groups is 3. The minimum Gasteiger partial charge on any atom is -0.465 e. The molecule has 10 nitrogen and oxygen atoms in total. The standard InChI is InChI=1S/C33H27N5O5S2/c1-3-4-5-14-43-32(41)20-8-11-25(12-9-20)35-29(39)24(19-34)17-27-18-28-30(44-27)36-33(45-28)38-37-26-13-10-21-15-23(31(40)42-2)7-6-22(21)16-26/h6-13,15-18H,3-5,14H2,1-2H3,(H,35,39)/b24-17+,38-37+. The maximum Gasteiger partial charge on any atom is 0.338 e. The molecule has 0 unspecified atom stereocenters. The number of ether oxygens (including phenoxy) is 2. The van der Waals surface area contributed by atoms with E-state index in [1.807, 2.05) is 30.3 Å². The van der Waals surface area contributed by atoms with Gasteiger partial charge < -0.3 is 14.8 Å². The van der Waals surface area contributed by atoms with Crippen molar-refractivity contribution >= 4 is 83.4 Å². The van der Waals surface area contributed by atoms with Gasteiger partial charge >= 0.3 is 11.9 Å². The number of methoxy groups -OCH3 is 1. The molecule has 2 aromatic heterocycles. The first kappa shape index (κ1) is 31.2. The fourth-order valence-corrected chi connectivity index (χ4v) is 6.26. The van der Waals surface area contributed by atoms with E-state index in [-0.39, 0.29) is 5.57 Å². The van der Waals surface area contributed by atoms with E-state index < -0.39 is 17.8 Å². The Morgan fingerprint density at radius 2 is 1.69 bits per heavy atom. The van der Waals surface area contributed by atoms with E-state index in [1.54, 1.807) is 42.5 Å². The molecule has 0 atom stereocenters. The van der Waals surface area contributed by atoms with Crippen LogP contribution >= 0.6 is 22.7 Å². The van der Waals surface area contributed by atoms with Crippen molar-refractivity contribution in [3.63, 3.8) is 0 Å². The van der Waals surface area contributed by atoms with Crippen molar-refractivity contribution < 1.29 is 23.9 Å². The summed E-state index contributed by atoms with van der Waals surface area (Å²) in [5.41, 5.74) is 1.88. The van der Waals surface area contributed by atoms with Crippen LogP contribution in [0.1, 0.15) is 51.8 Å². The van der Waals surface area contributed by atoms with Gasteiger partial charge in [0, 0.05) is 10.6 Å². The Labute approximate surface area is 266 Å². The third-order valence-corrected chi connectivity index (χ3v) is 8.60. The minimum atomic E-state index is -0.566. The third-order valence-electron chi connectivity index (χ3n) is 6.60. The first-order valence-corrected chi connectivity index (χ1v) is 15.6. The number of azo groups is 1. The van der Waals surface area contributed by atoms with Crippen molar-refractivity contribution in [1.29, 1.82) is 5.26 Å². The number of aromatic nitrogens is 1. The quantitative estimate of drug-likeness (QED) is 0.0502. The van der Waals surface area contributed by atoms with Gasteiger partial charge in [-0.05, 0) is 77.9 Å². The molecule has 226 valence electrons. The number of hydrogen-bond acceptors (Lipinski definition) is 11. The molecule has 45 heavy (non-hydrogen) atoms. The zero-order valence-corrected chi connectivity index (χ0v) is 26.0. The second kappa shape index (κ2) is 14.5. The summed E-state index contributed by atoms with van der Waals surface area (Å²) in [6.07, 6.45) is 4.37. The van der Waals surface area contributed by atoms with Crippen LogP contribution in [-0.2, 0) is 14.3 Å². The number of fused-ring (bicyclic) bond motifs is 2. The second-order valence-electron chi connectivity index (χ2n) is 9.80. The predicted octanol–water partition coefficient (Wildman–Crippen LogP) is 8.61. The van der Waals surface area contributed by atoms with Crippen LogP contribution in [-0.4, -0.2) is 36.5 Å². The van der Waals surface area contributed by atoms with E-state index in [1.165, 1.54) is 35.9 Å². The van der Waals surface area contributed by atoms with Crippen LogP contribution in [0.2, 0.25) is 0 Å². The second-order valence-corrected chi connectivity index (χ2v) is 11.9. The van der Waals surface area contributed by atoms with E-state index in [4.69, 9.17) is 9.47 Å². The maximum absolute atomic E-state index is 12.8. The lowest BCUT2D eigenvalue weighted by Crippen LogP contribution is -2.13. The van der Waals surface area contributed by atoms with Gasteiger partial charge in [0.2, 0.25) is 5.13 Å². The number of nitrogens with zero attached hydrogens (tertiary/aromatic N) is 4. The van der Waals surface area contributed by atoms with Gasteiger partial charge in [-0.25, -0.2) is 14.6 Å². The van der Waals surface area contributed by atoms with Gasteiger partial charge in [-0.1, -0.05) is 43.2 Å². The van der Waals surface area contributed by atoms with Crippen LogP contribution in [0.15, 0.2) is 82.5 Å². The van der Waals surface area contributed by atoms with E-state index in [0.29, 0.717) is 43.9 Å². The summed E-state index contributed by atoms with van der Waals surface area (Å²) in [5, 5.41) is 23.2. The molecule has 0 saturated heterocycles. The molecule has 0 fully saturated rings. The Bertz CT molecular complexity index is 1950. The number of anilines is 1. The lowest BCUT2D eigenvalue weighted by Gasteiger charge is -2.07. The van der Waals surface area contributed by atoms with Gasteiger partial charge in [-0.2, -0.15) is 5.26 Å². The number of hydrogen-bond donors (Lipinski definition) is 1. The molecule has 2 heterocycles. The highest BCUT2D eigenvalue weighted by Gasteiger charge is 2.14. The number of rotatable bonds is 11. The minimum absolute atomic E-state index is 0.0711. The van der Waals surface area contributed by atoms with Crippen molar-refractivity contribution in [3.8, 4) is 6.07 Å². The monoisotopic (exact) mass is 637 g/mol. The van der Waals surface area contributed by atoms with Gasteiger partial charge in [0.05, 0.1) is 35.2 Å². The molecule has 3 aromatic carbocycles. The topological polar surface area (TPSA) is 143 Å². The maximum atomic E-state index is 12.8. The first-order valence-electron chi connectivity index (χ1n) is 14.0. The van der Waals surface area contributed by atoms with Crippen LogP contribution in [0, 0.1) is 11.3 Å². The zero-order valence-electron chi connectivity index (χ0n) is 24.4. The SMILES string of the molecule is CCCCCOC(=O)c1ccc(NC(=O)/C(C#N)=C/c2cc3sc(/N=N/c4ccc5cc(C(=O)OC)ccc5c4)nc3s2)cc1. The molecule has 0 saturated carbocycles. The van der Waals surface area contributed by atoms with Crippen molar-refractivity contribution in [1.82, 2.24) is 4.98 Å². The normalized spacial score (nSPS) is 11.5. The highest BCUT2D eigenvalue weighted by Crippen LogP contribution is 2.36. The Balaban J connectivity index is 1.21. The van der Waals surface area contributed by atoms with Crippen molar-refractivity contribution in [2.75, 3.05) is 19.0 Å². The van der Waals surface area contributed by atoms with Crippen LogP contribution in [0.25, 0.3) is 26.4 Å². The Morgan fingerprint density at radius 1 is 0.933 bits per heavy atom. The number of carbonyl (C=O) groups excluding carboxylic acids is 3. The summed E-state index contributed by atoms with van der Waals surface area (Å²) >= 11 is 2.67. The number of nitriles is 1. The molecule has 5 aromatic rings. The van der Waals surface area contributed by atoms with E-state index in [0.717, 1.165) is 34.7 Å². The number of nitrogens with one attached hydrogen (secondary N) is 1. The molecule has 1 amide bonds. The molecular weight excluding hydrogens is 611 g/mol. The predicted molar refractivity (Wildman–Crippen MR) is 175 cm³/mol. The Hall–Kier alpha value is -5.25. The van der Waals surface area contributed by atoms with E-state index >= 15 is 0 Å². The van der Waals surface area contributed by atoms with Gasteiger partial charge in [-0.3, -0.25) is 4.79 Å². The molecule has 12 heteroatoms. The Morgan fingerprint density at radius 3 is 2.42 bits per heavy atom. The van der Waals surface area contributed by atoms with Gasteiger partial charge in [0.1, 0.15) is 16.5 Å². The highest BCUT2D eigenvalue weighted by molar-refractivity contribution is 7.29. The van der Waals surface area contributed by atoms with E-state index in [2.05, 4.69) is 27.5 Å². The number of thiazole rings is 1. The Kier molecular flexibility index (Phi) is 10.0. The largest absolute Gasteiger partial charge is 0.465 e. The summed E-state index contributed by atoms with van der Waals surface area (Å²) < 4.78 is 10.9. The van der Waals surface area contributed by atoms with Crippen molar-refractivity contribution in [3.05, 3.63) is 88.3 Å². The molecular formula is C33H27N5O5S2. The average molecular weight is 638 g/mol. The summed E-state index contributed by atoms with van der Waals surface area (Å²) in [4.78, 5) is 42.7. The summed E-state index contributed by atoms with van der Waals surface area (Å²) in [6, 6.07) is 20.9. The number of amides is 1. The number of unbranched alkanes of at least 4 members (excludes halogenated alkanes) is 2. The van der Waals surface area contributed by atoms with Crippen LogP contribution in [0.5, 0.6) is 0 Å². The molecule has 1 N–H and O–H groups in total. The smallest absolute Gasteiger partial charge is 0.338 e. The third kappa shape index (κ3) is 7.83. The van der Waals surface area contributed by atoms with E-state index in [9.17, 15) is 19.6 Å². The summed E-state index contributed by atoms with van der Waals surface area (Å²) in [7, 11) is 1.35. The number of esters is 2. The fourth-order valence-electron chi connectivity index (χ4n) is 4.28. The van der Waals surface area contributed by atoms with Gasteiger partial charge in [0.25, 0.3) is 5.91 Å². The summed E-state index contributed by atoms with van der Waals surface area (Å²) in [5.74, 6) is -1.37. The molecule has 0 aliphatic carbocycles. The fraction of sp³-hybridized carbons (Fsp3) is 0.182. The molecule has 5 rings (SSSR count). The van der Waals surface area contributed by atoms with Gasteiger partial charge in [0.15, 0.2) is 0 Å². The van der Waals surface area contributed by atoms with Crippen LogP contribution < -0.4 is 5.32 Å². The highest BCUT2D eigenvalue weighted by atomic mass is 32.1. The molecule has 0 radical (unpaired) electrons. The molecule has 0 aliphatic heterocycles. The van der Waals surface area contributed by atoms with Crippen LogP contribution in [0.4, 0.5) is 16.5 Å². The first-order chi connectivity index (χ1) is 21.9. The van der Waals surface area contributed by atoms with Crippen molar-refractivity contribution in [2.45, 2.75) is 26.2 Å². The molecule has 0 bridgehead atoms. The molecule has 0 aliphatic rings. The van der Waals surface area contributed by atoms with Crippen molar-refractivity contribution in [2.24, 2.45) is 10.2 Å². The summed E-state index contributed by atoms with van der Waals surface area (Å²) in [6.45, 7) is 2.45. The lowest BCUT2D eigenvalue weighted by molar-refractivity contribution is -0.112. The van der Waals surface area contributed by atoms with Gasteiger partial charge in [-0.15, -0.1) is 21.6 Å². The zero-order chi connectivity index (χ0) is 31.8. The lowest BCUT2D eigenvalue weighted by atomic mass is 10.1. The average Bonchev–Trinajstić information content (AvgIpc) is 3.62. The number of thiophene rings is 1.